The van der Waals surface area contributed by atoms with Crippen LogP contribution in [0.25, 0.3) is 16.0 Å². The molecule has 3 aromatic carbocycles. The van der Waals surface area contributed by atoms with Crippen molar-refractivity contribution in [2.45, 2.75) is 19.9 Å². The molecule has 1 amide bonds. The highest BCUT2D eigenvalue weighted by atomic mass is 32.1. The molecule has 0 bridgehead atoms. The van der Waals surface area contributed by atoms with Crippen molar-refractivity contribution in [3.8, 4) is 0 Å². The molecule has 1 aliphatic rings. The summed E-state index contributed by atoms with van der Waals surface area (Å²) in [5.41, 5.74) is 4.19. The summed E-state index contributed by atoms with van der Waals surface area (Å²) >= 11 is 1.36. The number of ketones is 1. The second kappa shape index (κ2) is 7.73. The lowest BCUT2D eigenvalue weighted by Gasteiger charge is -2.22. The maximum atomic E-state index is 13.2. The van der Waals surface area contributed by atoms with Gasteiger partial charge in [0, 0.05) is 5.56 Å². The lowest BCUT2D eigenvalue weighted by molar-refractivity contribution is -0.132. The van der Waals surface area contributed by atoms with Gasteiger partial charge >= 0.3 is 5.91 Å². The van der Waals surface area contributed by atoms with Crippen molar-refractivity contribution in [2.24, 2.45) is 0 Å². The van der Waals surface area contributed by atoms with Gasteiger partial charge in [-0.2, -0.15) is 0 Å². The fourth-order valence-electron chi connectivity index (χ4n) is 3.97. The molecule has 1 aromatic heterocycles. The minimum atomic E-state index is -0.765. The first-order chi connectivity index (χ1) is 15.4. The standard InChI is InChI=1S/C26H20N2O3S/c1-15-8-11-18(12-9-15)23(29)21-22(17-6-4-3-5-7-17)28(25(31)24(21)30)26-27-19-13-10-16(2)14-20(19)32-26/h3-14,22,29H,1-2H3/t22-/m0/s1. The van der Waals surface area contributed by atoms with Gasteiger partial charge in [-0.15, -0.1) is 0 Å². The number of anilines is 1. The first-order valence-corrected chi connectivity index (χ1v) is 11.1. The molecule has 1 atom stereocenters. The van der Waals surface area contributed by atoms with Crippen LogP contribution in [0.2, 0.25) is 0 Å². The summed E-state index contributed by atoms with van der Waals surface area (Å²) < 4.78 is 0.937. The van der Waals surface area contributed by atoms with E-state index in [2.05, 4.69) is 4.98 Å². The number of aliphatic hydroxyl groups excluding tert-OH is 1. The summed E-state index contributed by atoms with van der Waals surface area (Å²) in [5.74, 6) is -1.59. The van der Waals surface area contributed by atoms with E-state index in [1.54, 1.807) is 12.1 Å². The molecule has 1 fully saturated rings. The SMILES string of the molecule is Cc1ccc(C(O)=C2C(=O)C(=O)N(c3nc4ccc(C)cc4s3)[C@H]2c2ccccc2)cc1. The number of rotatable bonds is 3. The molecular formula is C26H20N2O3S. The van der Waals surface area contributed by atoms with Crippen LogP contribution in [0.5, 0.6) is 0 Å². The number of fused-ring (bicyclic) bond motifs is 1. The Kier molecular flexibility index (Phi) is 4.87. The monoisotopic (exact) mass is 440 g/mol. The third kappa shape index (κ3) is 3.29. The van der Waals surface area contributed by atoms with Gasteiger partial charge in [0.2, 0.25) is 0 Å². The molecule has 6 heteroatoms. The van der Waals surface area contributed by atoms with Gasteiger partial charge in [-0.25, -0.2) is 4.98 Å². The second-order valence-corrected chi connectivity index (χ2v) is 8.92. The molecule has 5 nitrogen and oxygen atoms in total. The Morgan fingerprint density at radius 2 is 1.62 bits per heavy atom. The number of hydrogen-bond acceptors (Lipinski definition) is 5. The average Bonchev–Trinajstić information content (AvgIpc) is 3.32. The van der Waals surface area contributed by atoms with Gasteiger partial charge in [-0.05, 0) is 37.1 Å². The van der Waals surface area contributed by atoms with Gasteiger partial charge in [-0.3, -0.25) is 14.5 Å². The first-order valence-electron chi connectivity index (χ1n) is 10.2. The zero-order valence-electron chi connectivity index (χ0n) is 17.6. The average molecular weight is 441 g/mol. The van der Waals surface area contributed by atoms with Crippen LogP contribution in [-0.2, 0) is 9.59 Å². The normalized spacial score (nSPS) is 17.9. The Bertz CT molecular complexity index is 1390. The topological polar surface area (TPSA) is 70.5 Å². The largest absolute Gasteiger partial charge is 0.507 e. The number of aromatic nitrogens is 1. The molecule has 0 aliphatic carbocycles. The maximum Gasteiger partial charge on any atom is 0.301 e. The van der Waals surface area contributed by atoms with Crippen LogP contribution < -0.4 is 4.90 Å². The van der Waals surface area contributed by atoms with Crippen molar-refractivity contribution in [1.29, 1.82) is 0 Å². The number of thiazole rings is 1. The molecule has 4 aromatic rings. The van der Waals surface area contributed by atoms with Crippen molar-refractivity contribution in [2.75, 3.05) is 4.90 Å². The van der Waals surface area contributed by atoms with Crippen LogP contribution >= 0.6 is 11.3 Å². The Labute approximate surface area is 189 Å². The zero-order chi connectivity index (χ0) is 22.4. The van der Waals surface area contributed by atoms with Crippen LogP contribution in [0.3, 0.4) is 0 Å². The van der Waals surface area contributed by atoms with Crippen molar-refractivity contribution in [3.63, 3.8) is 0 Å². The predicted molar refractivity (Wildman–Crippen MR) is 127 cm³/mol. The van der Waals surface area contributed by atoms with E-state index in [4.69, 9.17) is 0 Å². The molecule has 0 spiro atoms. The Hall–Kier alpha value is -3.77. The first kappa shape index (κ1) is 20.2. The van der Waals surface area contributed by atoms with E-state index in [9.17, 15) is 14.7 Å². The van der Waals surface area contributed by atoms with E-state index in [-0.39, 0.29) is 11.3 Å². The maximum absolute atomic E-state index is 13.2. The molecule has 0 radical (unpaired) electrons. The van der Waals surface area contributed by atoms with Crippen LogP contribution in [-0.4, -0.2) is 21.8 Å². The highest BCUT2D eigenvalue weighted by molar-refractivity contribution is 7.22. The fraction of sp³-hybridized carbons (Fsp3) is 0.115. The number of carbonyl (C=O) groups excluding carboxylic acids is 2. The number of benzene rings is 3. The van der Waals surface area contributed by atoms with Crippen molar-refractivity contribution >= 4 is 44.1 Å². The zero-order valence-corrected chi connectivity index (χ0v) is 18.4. The minimum Gasteiger partial charge on any atom is -0.507 e. The Morgan fingerprint density at radius 1 is 0.938 bits per heavy atom. The summed E-state index contributed by atoms with van der Waals surface area (Å²) in [5, 5.41) is 11.6. The molecule has 1 saturated heterocycles. The third-order valence-electron chi connectivity index (χ3n) is 5.62. The number of aryl methyl sites for hydroxylation is 2. The quantitative estimate of drug-likeness (QED) is 0.258. The molecule has 5 rings (SSSR count). The number of amides is 1. The minimum absolute atomic E-state index is 0.0699. The molecule has 158 valence electrons. The molecule has 32 heavy (non-hydrogen) atoms. The summed E-state index contributed by atoms with van der Waals surface area (Å²) in [4.78, 5) is 32.5. The summed E-state index contributed by atoms with van der Waals surface area (Å²) in [6.07, 6.45) is 0. The third-order valence-corrected chi connectivity index (χ3v) is 6.64. The van der Waals surface area contributed by atoms with E-state index in [1.807, 2.05) is 74.5 Å². The van der Waals surface area contributed by atoms with Gasteiger partial charge in [0.1, 0.15) is 5.76 Å². The Morgan fingerprint density at radius 3 is 2.34 bits per heavy atom. The number of Topliss-reactive ketones (excluding diaryl/α,β-unsaturated/α-hetero) is 1. The van der Waals surface area contributed by atoms with Gasteiger partial charge in [0.25, 0.3) is 5.78 Å². The van der Waals surface area contributed by atoms with Crippen LogP contribution in [0.4, 0.5) is 5.13 Å². The molecule has 0 unspecified atom stereocenters. The van der Waals surface area contributed by atoms with Gasteiger partial charge in [0.15, 0.2) is 5.13 Å². The molecule has 1 aliphatic heterocycles. The summed E-state index contributed by atoms with van der Waals surface area (Å²) in [6.45, 7) is 3.94. The molecule has 2 heterocycles. The van der Waals surface area contributed by atoms with E-state index in [1.165, 1.54) is 16.2 Å². The Balaban J connectivity index is 1.72. The number of nitrogens with zero attached hydrogens (tertiary/aromatic N) is 2. The number of carbonyl (C=O) groups is 2. The van der Waals surface area contributed by atoms with Gasteiger partial charge in [0.05, 0.1) is 21.8 Å². The second-order valence-electron chi connectivity index (χ2n) is 7.91. The molecule has 1 N–H and O–H groups in total. The number of hydrogen-bond donors (Lipinski definition) is 1. The summed E-state index contributed by atoms with van der Waals surface area (Å²) in [7, 11) is 0. The molecular weight excluding hydrogens is 420 g/mol. The fourth-order valence-corrected chi connectivity index (χ4v) is 5.06. The van der Waals surface area contributed by atoms with E-state index < -0.39 is 17.7 Å². The van der Waals surface area contributed by atoms with Crippen molar-refractivity contribution < 1.29 is 14.7 Å². The smallest absolute Gasteiger partial charge is 0.301 e. The van der Waals surface area contributed by atoms with E-state index in [0.717, 1.165) is 26.9 Å². The van der Waals surface area contributed by atoms with Gasteiger partial charge in [-0.1, -0.05) is 77.6 Å². The van der Waals surface area contributed by atoms with E-state index >= 15 is 0 Å². The predicted octanol–water partition coefficient (Wildman–Crippen LogP) is 5.54. The highest BCUT2D eigenvalue weighted by Gasteiger charge is 2.48. The molecule has 0 saturated carbocycles. The van der Waals surface area contributed by atoms with Gasteiger partial charge < -0.3 is 5.11 Å². The van der Waals surface area contributed by atoms with Crippen LogP contribution in [0.1, 0.15) is 28.3 Å². The summed E-state index contributed by atoms with van der Waals surface area (Å²) in [6, 6.07) is 21.6. The van der Waals surface area contributed by atoms with E-state index in [0.29, 0.717) is 10.7 Å². The van der Waals surface area contributed by atoms with Crippen molar-refractivity contribution in [1.82, 2.24) is 4.98 Å². The lowest BCUT2D eigenvalue weighted by Crippen LogP contribution is -2.29. The number of aliphatic hydroxyl groups is 1. The highest BCUT2D eigenvalue weighted by Crippen LogP contribution is 2.44. The van der Waals surface area contributed by atoms with Crippen LogP contribution in [0.15, 0.2) is 78.4 Å². The van der Waals surface area contributed by atoms with Crippen molar-refractivity contribution in [3.05, 3.63) is 101 Å². The lowest BCUT2D eigenvalue weighted by atomic mass is 9.95. The van der Waals surface area contributed by atoms with Crippen LogP contribution in [0, 0.1) is 13.8 Å².